The molecular formula is C27H48N2O4S2. The van der Waals surface area contributed by atoms with Crippen molar-refractivity contribution in [2.45, 2.75) is 129 Å². The third-order valence-corrected chi connectivity index (χ3v) is 13.2. The highest BCUT2D eigenvalue weighted by molar-refractivity contribution is 8.14. The Hall–Kier alpha value is -0.150. The monoisotopic (exact) mass is 528 g/mol. The predicted octanol–water partition coefficient (Wildman–Crippen LogP) is 6.41. The maximum Gasteiger partial charge on any atom is 0.305 e. The van der Waals surface area contributed by atoms with Crippen LogP contribution in [0.2, 0.25) is 0 Å². The van der Waals surface area contributed by atoms with E-state index < -0.39 is 15.0 Å². The molecule has 1 saturated heterocycles. The third-order valence-electron chi connectivity index (χ3n) is 10.1. The fourth-order valence-electron chi connectivity index (χ4n) is 6.78. The molecule has 3 fully saturated rings. The van der Waals surface area contributed by atoms with Gasteiger partial charge in [-0.3, -0.25) is 4.99 Å². The van der Waals surface area contributed by atoms with Gasteiger partial charge in [-0.05, 0) is 74.5 Å². The maximum absolute atomic E-state index is 12.7. The summed E-state index contributed by atoms with van der Waals surface area (Å²) in [6.45, 7) is 17.6. The van der Waals surface area contributed by atoms with E-state index in [1.807, 2.05) is 6.92 Å². The molecule has 2 heterocycles. The van der Waals surface area contributed by atoms with E-state index in [2.05, 4.69) is 41.5 Å². The van der Waals surface area contributed by atoms with E-state index in [1.54, 1.807) is 16.8 Å². The number of hydrogen-bond donors (Lipinski definition) is 0. The zero-order valence-corrected chi connectivity index (χ0v) is 24.6. The normalized spacial score (nSPS) is 37.7. The minimum atomic E-state index is -3.54. The first kappa shape index (κ1) is 27.9. The van der Waals surface area contributed by atoms with Gasteiger partial charge in [-0.2, -0.15) is 12.7 Å². The highest BCUT2D eigenvalue weighted by Crippen LogP contribution is 2.52. The second kappa shape index (κ2) is 10.2. The molecule has 6 atom stereocenters. The van der Waals surface area contributed by atoms with Gasteiger partial charge in [0.2, 0.25) is 0 Å². The third kappa shape index (κ3) is 5.25. The molecule has 2 aliphatic heterocycles. The molecule has 2 saturated carbocycles. The lowest BCUT2D eigenvalue weighted by molar-refractivity contribution is -0.181. The van der Waals surface area contributed by atoms with Gasteiger partial charge in [0.05, 0.1) is 17.2 Å². The molecule has 6 nitrogen and oxygen atoms in total. The van der Waals surface area contributed by atoms with Crippen molar-refractivity contribution < 1.29 is 17.4 Å². The van der Waals surface area contributed by atoms with E-state index in [-0.39, 0.29) is 22.8 Å². The van der Waals surface area contributed by atoms with Gasteiger partial charge in [0.25, 0.3) is 0 Å². The number of hydrogen-bond acceptors (Lipinski definition) is 7. The Balaban J connectivity index is 1.32. The van der Waals surface area contributed by atoms with Crippen LogP contribution < -0.4 is 0 Å². The number of nitrogens with zero attached hydrogens (tertiary/aromatic N) is 2. The first-order valence-electron chi connectivity index (χ1n) is 13.9. The minimum Gasteiger partial charge on any atom is -0.378 e. The highest BCUT2D eigenvalue weighted by Gasteiger charge is 2.64. The molecule has 4 rings (SSSR count). The number of thioether (sulfide) groups is 1. The van der Waals surface area contributed by atoms with Crippen molar-refractivity contribution >= 4 is 26.9 Å². The molecule has 0 aromatic carbocycles. The molecule has 0 N–H and O–H groups in total. The van der Waals surface area contributed by atoms with Crippen LogP contribution in [0, 0.1) is 22.7 Å². The Bertz CT molecular complexity index is 903. The zero-order chi connectivity index (χ0) is 25.6. The number of rotatable bonds is 9. The summed E-state index contributed by atoms with van der Waals surface area (Å²) in [5, 5.41) is 3.08. The Kier molecular flexibility index (Phi) is 8.12. The Morgan fingerprint density at radius 1 is 1.14 bits per heavy atom. The Labute approximate surface area is 218 Å². The summed E-state index contributed by atoms with van der Waals surface area (Å²) in [5.41, 5.74) is 0.631. The number of aliphatic imine (C=N–C) groups is 1. The SMILES string of the molecule is CCC(C)(C)C1CCC(OCCCN2OS(=O)(=O)C23CCC2N=C(C)SC2C3)C(C(C)(C)CC)C1. The van der Waals surface area contributed by atoms with Gasteiger partial charge < -0.3 is 4.74 Å². The zero-order valence-electron chi connectivity index (χ0n) is 23.0. The second-order valence-electron chi connectivity index (χ2n) is 12.8. The quantitative estimate of drug-likeness (QED) is 0.322. The Morgan fingerprint density at radius 2 is 1.86 bits per heavy atom. The van der Waals surface area contributed by atoms with Crippen molar-refractivity contribution in [1.29, 1.82) is 0 Å². The molecule has 35 heavy (non-hydrogen) atoms. The highest BCUT2D eigenvalue weighted by atomic mass is 32.2. The van der Waals surface area contributed by atoms with E-state index in [0.29, 0.717) is 37.3 Å². The van der Waals surface area contributed by atoms with E-state index in [4.69, 9.17) is 14.0 Å². The number of ether oxygens (including phenoxy) is 1. The molecule has 0 radical (unpaired) electrons. The first-order valence-corrected chi connectivity index (χ1v) is 16.2. The van der Waals surface area contributed by atoms with Crippen LogP contribution in [0.4, 0.5) is 0 Å². The standard InChI is InChI=1S/C27H48N2O4S2/c1-8-25(4,5)20-11-12-23(21(17-20)26(6,7)9-2)32-16-10-15-29-27(35(30,31)33-29)14-13-22-24(18-27)34-19(3)28-22/h20-24H,8-18H2,1-7H3. The summed E-state index contributed by atoms with van der Waals surface area (Å²) in [4.78, 5) is 3.84. The molecule has 0 aromatic rings. The number of hydroxylamine groups is 2. The molecule has 202 valence electrons. The number of fused-ring (bicyclic) bond motifs is 1. The average Bonchev–Trinajstić information content (AvgIpc) is 3.19. The topological polar surface area (TPSA) is 68.2 Å². The lowest BCUT2D eigenvalue weighted by Crippen LogP contribution is -2.68. The Morgan fingerprint density at radius 3 is 2.51 bits per heavy atom. The van der Waals surface area contributed by atoms with Crippen molar-refractivity contribution in [3.05, 3.63) is 0 Å². The van der Waals surface area contributed by atoms with Crippen molar-refractivity contribution in [3.63, 3.8) is 0 Å². The predicted molar refractivity (Wildman–Crippen MR) is 145 cm³/mol. The molecular weight excluding hydrogens is 480 g/mol. The smallest absolute Gasteiger partial charge is 0.305 e. The van der Waals surface area contributed by atoms with Crippen LogP contribution in [0.3, 0.4) is 0 Å². The van der Waals surface area contributed by atoms with Crippen LogP contribution >= 0.6 is 11.8 Å². The van der Waals surface area contributed by atoms with Crippen molar-refractivity contribution in [3.8, 4) is 0 Å². The summed E-state index contributed by atoms with van der Waals surface area (Å²) >= 11 is 1.74. The van der Waals surface area contributed by atoms with Crippen LogP contribution in [0.25, 0.3) is 0 Å². The molecule has 0 amide bonds. The summed E-state index contributed by atoms with van der Waals surface area (Å²) in [7, 11) is -3.54. The molecule has 6 unspecified atom stereocenters. The van der Waals surface area contributed by atoms with Gasteiger partial charge in [0.15, 0.2) is 4.87 Å². The summed E-state index contributed by atoms with van der Waals surface area (Å²) in [6.07, 6.45) is 9.08. The van der Waals surface area contributed by atoms with Crippen molar-refractivity contribution in [2.24, 2.45) is 27.7 Å². The van der Waals surface area contributed by atoms with E-state index in [0.717, 1.165) is 36.6 Å². The van der Waals surface area contributed by atoms with Crippen molar-refractivity contribution in [2.75, 3.05) is 13.2 Å². The lowest BCUT2D eigenvalue weighted by Gasteiger charge is -2.52. The van der Waals surface area contributed by atoms with Gasteiger partial charge in [-0.25, -0.2) is 0 Å². The van der Waals surface area contributed by atoms with Crippen molar-refractivity contribution in [1.82, 2.24) is 5.06 Å². The molecule has 0 aromatic heterocycles. The van der Waals surface area contributed by atoms with Crippen LogP contribution in [-0.4, -0.2) is 53.9 Å². The van der Waals surface area contributed by atoms with Gasteiger partial charge >= 0.3 is 10.1 Å². The van der Waals surface area contributed by atoms with E-state index in [1.165, 1.54) is 19.3 Å². The molecule has 4 aliphatic rings. The van der Waals surface area contributed by atoms with Crippen LogP contribution in [0.5, 0.6) is 0 Å². The molecule has 0 bridgehead atoms. The maximum atomic E-state index is 12.7. The van der Waals surface area contributed by atoms with E-state index in [9.17, 15) is 8.42 Å². The molecule has 1 spiro atoms. The fourth-order valence-corrected chi connectivity index (χ4v) is 9.85. The fraction of sp³-hybridized carbons (Fsp3) is 0.963. The largest absolute Gasteiger partial charge is 0.378 e. The summed E-state index contributed by atoms with van der Waals surface area (Å²) in [5.74, 6) is 1.31. The summed E-state index contributed by atoms with van der Waals surface area (Å²) < 4.78 is 37.4. The second-order valence-corrected chi connectivity index (χ2v) is 16.0. The molecule has 8 heteroatoms. The summed E-state index contributed by atoms with van der Waals surface area (Å²) in [6, 6.07) is 0.262. The van der Waals surface area contributed by atoms with Gasteiger partial charge in [0.1, 0.15) is 0 Å². The molecule has 2 aliphatic carbocycles. The van der Waals surface area contributed by atoms with Gasteiger partial charge in [-0.15, -0.1) is 16.8 Å². The lowest BCUT2D eigenvalue weighted by atomic mass is 9.60. The minimum absolute atomic E-state index is 0.251. The van der Waals surface area contributed by atoms with Gasteiger partial charge in [-0.1, -0.05) is 54.4 Å². The average molecular weight is 529 g/mol. The van der Waals surface area contributed by atoms with Crippen LogP contribution in [0.15, 0.2) is 4.99 Å². The van der Waals surface area contributed by atoms with Gasteiger partial charge in [0, 0.05) is 18.4 Å². The van der Waals surface area contributed by atoms with Crippen LogP contribution in [-0.2, 0) is 19.1 Å². The van der Waals surface area contributed by atoms with Crippen LogP contribution in [0.1, 0.15) is 106 Å². The van der Waals surface area contributed by atoms with E-state index >= 15 is 0 Å². The first-order chi connectivity index (χ1) is 16.3.